The van der Waals surface area contributed by atoms with Crippen molar-refractivity contribution in [2.45, 2.75) is 56.5 Å². The predicted octanol–water partition coefficient (Wildman–Crippen LogP) is 1.96. The molecule has 2 saturated heterocycles. The third-order valence-electron chi connectivity index (χ3n) is 4.41. The van der Waals surface area contributed by atoms with Gasteiger partial charge in [0.1, 0.15) is 0 Å². The molecule has 6 heteroatoms. The number of hydrogen-bond acceptors (Lipinski definition) is 4. The molecular weight excluding hydrogens is 280 g/mol. The van der Waals surface area contributed by atoms with Crippen LogP contribution in [0.2, 0.25) is 0 Å². The Morgan fingerprint density at radius 2 is 2.00 bits per heavy atom. The molecule has 0 aromatic rings. The van der Waals surface area contributed by atoms with Gasteiger partial charge in [0.25, 0.3) is 0 Å². The summed E-state index contributed by atoms with van der Waals surface area (Å²) in [5.41, 5.74) is 0.259. The fourth-order valence-corrected chi connectivity index (χ4v) is 6.23. The van der Waals surface area contributed by atoms with E-state index in [-0.39, 0.29) is 17.3 Å². The molecule has 19 heavy (non-hydrogen) atoms. The van der Waals surface area contributed by atoms with Crippen molar-refractivity contribution in [2.24, 2.45) is 4.99 Å². The lowest BCUT2D eigenvalue weighted by molar-refractivity contribution is 0.303. The van der Waals surface area contributed by atoms with Crippen LogP contribution in [0.15, 0.2) is 4.99 Å². The van der Waals surface area contributed by atoms with Gasteiger partial charge >= 0.3 is 0 Å². The van der Waals surface area contributed by atoms with Crippen molar-refractivity contribution in [1.29, 1.82) is 0 Å². The largest absolute Gasteiger partial charge is 0.359 e. The van der Waals surface area contributed by atoms with Gasteiger partial charge in [-0.15, -0.1) is 0 Å². The summed E-state index contributed by atoms with van der Waals surface area (Å²) in [6.07, 6.45) is 8.11. The summed E-state index contributed by atoms with van der Waals surface area (Å²) < 4.78 is 23.3. The molecule has 3 rings (SSSR count). The van der Waals surface area contributed by atoms with Crippen molar-refractivity contribution in [3.8, 4) is 0 Å². The molecule has 1 aliphatic carbocycles. The molecule has 2 aliphatic heterocycles. The molecule has 4 nitrogen and oxygen atoms in total. The highest BCUT2D eigenvalue weighted by Crippen LogP contribution is 2.36. The van der Waals surface area contributed by atoms with Crippen LogP contribution in [0.5, 0.6) is 0 Å². The second-order valence-electron chi connectivity index (χ2n) is 6.10. The maximum absolute atomic E-state index is 11.6. The average Bonchev–Trinajstić information content (AvgIpc) is 2.72. The molecule has 1 unspecified atom stereocenters. The first-order valence-electron chi connectivity index (χ1n) is 7.26. The highest BCUT2D eigenvalue weighted by atomic mass is 32.2. The van der Waals surface area contributed by atoms with Crippen molar-refractivity contribution >= 4 is 26.8 Å². The van der Waals surface area contributed by atoms with Gasteiger partial charge in [-0.05, 0) is 25.7 Å². The van der Waals surface area contributed by atoms with E-state index in [1.807, 2.05) is 0 Å². The van der Waals surface area contributed by atoms with Crippen molar-refractivity contribution in [3.63, 3.8) is 0 Å². The number of nitrogens with one attached hydrogen (secondary N) is 1. The summed E-state index contributed by atoms with van der Waals surface area (Å²) in [4.78, 5) is 4.67. The standard InChI is InChI=1S/C13H22N2O2S2/c16-19(17)8-4-5-11(9-19)14-12-15-13(10-18-12)6-2-1-3-7-13/h11H,1-10H2,(H,14,15). The monoisotopic (exact) mass is 302 g/mol. The molecular formula is C13H22N2O2S2. The third kappa shape index (κ3) is 3.27. The third-order valence-corrected chi connectivity index (χ3v) is 7.39. The van der Waals surface area contributed by atoms with Crippen LogP contribution in [0.4, 0.5) is 0 Å². The fraction of sp³-hybridized carbons (Fsp3) is 0.923. The second-order valence-corrected chi connectivity index (χ2v) is 9.29. The van der Waals surface area contributed by atoms with Crippen LogP contribution in [0.25, 0.3) is 0 Å². The smallest absolute Gasteiger partial charge is 0.157 e. The van der Waals surface area contributed by atoms with E-state index in [1.54, 1.807) is 11.8 Å². The average molecular weight is 302 g/mol. The van der Waals surface area contributed by atoms with Gasteiger partial charge in [-0.2, -0.15) is 0 Å². The number of thioether (sulfide) groups is 1. The predicted molar refractivity (Wildman–Crippen MR) is 80.5 cm³/mol. The Bertz CT molecular complexity index is 467. The van der Waals surface area contributed by atoms with Gasteiger partial charge in [0.05, 0.1) is 17.5 Å². The molecule has 108 valence electrons. The summed E-state index contributed by atoms with van der Waals surface area (Å²) in [6, 6.07) is -0.0208. The summed E-state index contributed by atoms with van der Waals surface area (Å²) in [5, 5.41) is 4.59. The zero-order valence-corrected chi connectivity index (χ0v) is 12.9. The number of nitrogens with zero attached hydrogens (tertiary/aromatic N) is 1. The van der Waals surface area contributed by atoms with Crippen LogP contribution < -0.4 is 5.32 Å². The van der Waals surface area contributed by atoms with Crippen LogP contribution in [-0.4, -0.2) is 42.4 Å². The van der Waals surface area contributed by atoms with Crippen molar-refractivity contribution < 1.29 is 8.42 Å². The molecule has 1 saturated carbocycles. The van der Waals surface area contributed by atoms with Gasteiger partial charge in [-0.25, -0.2) is 8.42 Å². The van der Waals surface area contributed by atoms with Crippen molar-refractivity contribution in [2.75, 3.05) is 17.3 Å². The Kier molecular flexibility index (Phi) is 3.82. The Hall–Kier alpha value is -0.230. The summed E-state index contributed by atoms with van der Waals surface area (Å²) in [5.74, 6) is 1.69. The quantitative estimate of drug-likeness (QED) is 0.804. The minimum Gasteiger partial charge on any atom is -0.359 e. The van der Waals surface area contributed by atoms with E-state index in [1.165, 1.54) is 32.1 Å². The van der Waals surface area contributed by atoms with E-state index >= 15 is 0 Å². The lowest BCUT2D eigenvalue weighted by atomic mass is 9.83. The molecule has 0 radical (unpaired) electrons. The molecule has 3 fully saturated rings. The first kappa shape index (κ1) is 13.7. The first-order valence-corrected chi connectivity index (χ1v) is 10.1. The van der Waals surface area contributed by atoms with Gasteiger partial charge in [-0.3, -0.25) is 4.99 Å². The molecule has 0 aromatic heterocycles. The normalized spacial score (nSPS) is 35.4. The summed E-state index contributed by atoms with van der Waals surface area (Å²) in [6.45, 7) is 0. The van der Waals surface area contributed by atoms with E-state index in [9.17, 15) is 8.42 Å². The van der Waals surface area contributed by atoms with Crippen LogP contribution in [0.1, 0.15) is 44.9 Å². The molecule has 2 heterocycles. The van der Waals surface area contributed by atoms with E-state index in [0.29, 0.717) is 5.75 Å². The Labute approximate surface area is 119 Å². The number of sulfone groups is 1. The lowest BCUT2D eigenvalue weighted by Gasteiger charge is -2.32. The first-order chi connectivity index (χ1) is 9.07. The molecule has 1 N–H and O–H groups in total. The van der Waals surface area contributed by atoms with Crippen LogP contribution in [0, 0.1) is 0 Å². The van der Waals surface area contributed by atoms with E-state index in [2.05, 4.69) is 10.3 Å². The highest BCUT2D eigenvalue weighted by molar-refractivity contribution is 8.14. The topological polar surface area (TPSA) is 58.5 Å². The summed E-state index contributed by atoms with van der Waals surface area (Å²) >= 11 is 1.79. The SMILES string of the molecule is O=S1(=O)CCCC(N=C2NC3(CCCCC3)CS2)C1. The fourth-order valence-electron chi connectivity index (χ4n) is 3.34. The Balaban J connectivity index is 1.65. The van der Waals surface area contributed by atoms with Crippen molar-refractivity contribution in [3.05, 3.63) is 0 Å². The molecule has 0 amide bonds. The number of amidine groups is 1. The maximum Gasteiger partial charge on any atom is 0.157 e. The van der Waals surface area contributed by atoms with Crippen LogP contribution in [-0.2, 0) is 9.84 Å². The van der Waals surface area contributed by atoms with Gasteiger partial charge in [0.15, 0.2) is 15.0 Å². The lowest BCUT2D eigenvalue weighted by Crippen LogP contribution is -2.45. The second kappa shape index (κ2) is 5.28. The van der Waals surface area contributed by atoms with E-state index in [0.717, 1.165) is 23.8 Å². The van der Waals surface area contributed by atoms with E-state index < -0.39 is 9.84 Å². The Morgan fingerprint density at radius 1 is 1.21 bits per heavy atom. The maximum atomic E-state index is 11.6. The van der Waals surface area contributed by atoms with Crippen LogP contribution in [0.3, 0.4) is 0 Å². The number of hydrogen-bond donors (Lipinski definition) is 1. The number of rotatable bonds is 1. The minimum absolute atomic E-state index is 0.0208. The van der Waals surface area contributed by atoms with Crippen molar-refractivity contribution in [1.82, 2.24) is 5.32 Å². The summed E-state index contributed by atoms with van der Waals surface area (Å²) in [7, 11) is -2.85. The van der Waals surface area contributed by atoms with Gasteiger partial charge in [0.2, 0.25) is 0 Å². The molecule has 1 spiro atoms. The van der Waals surface area contributed by atoms with E-state index in [4.69, 9.17) is 0 Å². The molecule has 3 aliphatic rings. The number of aliphatic imine (C=N–C) groups is 1. The van der Waals surface area contributed by atoms with Gasteiger partial charge < -0.3 is 5.32 Å². The molecule has 0 bridgehead atoms. The van der Waals surface area contributed by atoms with Gasteiger partial charge in [0, 0.05) is 11.3 Å². The molecule has 1 atom stereocenters. The molecule has 0 aromatic carbocycles. The van der Waals surface area contributed by atoms with Gasteiger partial charge in [-0.1, -0.05) is 31.0 Å². The van der Waals surface area contributed by atoms with Crippen LogP contribution >= 0.6 is 11.8 Å². The Morgan fingerprint density at radius 3 is 2.74 bits per heavy atom. The highest BCUT2D eigenvalue weighted by Gasteiger charge is 2.38. The zero-order valence-electron chi connectivity index (χ0n) is 11.2. The zero-order chi connectivity index (χ0) is 13.3. The minimum atomic E-state index is -2.85.